The molecule has 104 valence electrons. The number of aryl methyl sites for hydroxylation is 1. The predicted molar refractivity (Wildman–Crippen MR) is 81.4 cm³/mol. The van der Waals surface area contributed by atoms with Crippen LogP contribution < -0.4 is 0 Å². The van der Waals surface area contributed by atoms with Gasteiger partial charge in [-0.1, -0.05) is 36.4 Å². The van der Waals surface area contributed by atoms with Crippen LogP contribution in [-0.4, -0.2) is 20.6 Å². The van der Waals surface area contributed by atoms with Crippen molar-refractivity contribution >= 4 is 17.5 Å². The molecule has 0 N–H and O–H groups in total. The Bertz CT molecular complexity index is 620. The number of benzene rings is 1. The minimum absolute atomic E-state index is 0.0777. The SMILES string of the molecule is Cc1ccccc1-n1ccnc1SC1CCCCC1=O. The van der Waals surface area contributed by atoms with E-state index in [2.05, 4.69) is 28.6 Å². The van der Waals surface area contributed by atoms with Crippen LogP contribution in [0.3, 0.4) is 0 Å². The van der Waals surface area contributed by atoms with E-state index >= 15 is 0 Å². The summed E-state index contributed by atoms with van der Waals surface area (Å²) in [7, 11) is 0. The first kappa shape index (κ1) is 13.4. The van der Waals surface area contributed by atoms with E-state index in [4.69, 9.17) is 0 Å². The highest BCUT2D eigenvalue weighted by Crippen LogP contribution is 2.32. The number of Topliss-reactive ketones (excluding diaryl/α,β-unsaturated/α-hetero) is 1. The third-order valence-electron chi connectivity index (χ3n) is 3.73. The van der Waals surface area contributed by atoms with Gasteiger partial charge in [0, 0.05) is 18.8 Å². The number of carbonyl (C=O) groups is 1. The van der Waals surface area contributed by atoms with Gasteiger partial charge >= 0.3 is 0 Å². The molecule has 1 unspecified atom stereocenters. The maximum absolute atomic E-state index is 12.0. The molecular formula is C16H18N2OS. The second-order valence-corrected chi connectivity index (χ2v) is 6.35. The molecule has 0 bridgehead atoms. The smallest absolute Gasteiger partial charge is 0.173 e. The second-order valence-electron chi connectivity index (χ2n) is 5.18. The molecule has 0 radical (unpaired) electrons. The van der Waals surface area contributed by atoms with Gasteiger partial charge in [0.25, 0.3) is 0 Å². The van der Waals surface area contributed by atoms with Gasteiger partial charge in [-0.3, -0.25) is 9.36 Å². The lowest BCUT2D eigenvalue weighted by Crippen LogP contribution is -2.21. The molecule has 1 aliphatic rings. The zero-order valence-electron chi connectivity index (χ0n) is 11.6. The maximum Gasteiger partial charge on any atom is 0.173 e. The van der Waals surface area contributed by atoms with E-state index in [0.717, 1.165) is 36.5 Å². The molecule has 1 fully saturated rings. The number of rotatable bonds is 3. The van der Waals surface area contributed by atoms with Gasteiger partial charge in [-0.25, -0.2) is 4.98 Å². The van der Waals surface area contributed by atoms with Crippen LogP contribution in [0.2, 0.25) is 0 Å². The molecule has 4 heteroatoms. The van der Waals surface area contributed by atoms with Gasteiger partial charge in [-0.15, -0.1) is 0 Å². The average molecular weight is 286 g/mol. The van der Waals surface area contributed by atoms with Crippen LogP contribution in [0.1, 0.15) is 31.2 Å². The van der Waals surface area contributed by atoms with Crippen molar-refractivity contribution in [3.05, 3.63) is 42.2 Å². The fourth-order valence-electron chi connectivity index (χ4n) is 2.60. The molecule has 0 amide bonds. The Labute approximate surface area is 123 Å². The van der Waals surface area contributed by atoms with Crippen LogP contribution in [-0.2, 0) is 4.79 Å². The summed E-state index contributed by atoms with van der Waals surface area (Å²) < 4.78 is 2.09. The summed E-state index contributed by atoms with van der Waals surface area (Å²) in [4.78, 5) is 16.4. The zero-order valence-corrected chi connectivity index (χ0v) is 12.4. The molecule has 3 rings (SSSR count). The van der Waals surface area contributed by atoms with Crippen molar-refractivity contribution < 1.29 is 4.79 Å². The van der Waals surface area contributed by atoms with Gasteiger partial charge in [0.1, 0.15) is 5.78 Å². The van der Waals surface area contributed by atoms with Crippen molar-refractivity contribution in [1.29, 1.82) is 0 Å². The molecule has 3 nitrogen and oxygen atoms in total. The minimum Gasteiger partial charge on any atom is -0.298 e. The highest BCUT2D eigenvalue weighted by molar-refractivity contribution is 8.00. The van der Waals surface area contributed by atoms with E-state index in [1.807, 2.05) is 24.5 Å². The van der Waals surface area contributed by atoms with Gasteiger partial charge < -0.3 is 0 Å². The van der Waals surface area contributed by atoms with Crippen LogP contribution in [0.15, 0.2) is 41.8 Å². The first-order valence-corrected chi connectivity index (χ1v) is 7.92. The summed E-state index contributed by atoms with van der Waals surface area (Å²) in [5, 5.41) is 0.994. The minimum atomic E-state index is 0.0777. The lowest BCUT2D eigenvalue weighted by atomic mass is 9.99. The quantitative estimate of drug-likeness (QED) is 0.861. The summed E-state index contributed by atoms with van der Waals surface area (Å²) in [5.74, 6) is 0.376. The number of hydrogen-bond donors (Lipinski definition) is 0. The Hall–Kier alpha value is -1.55. The predicted octanol–water partition coefficient (Wildman–Crippen LogP) is 3.78. The molecule has 2 aromatic rings. The van der Waals surface area contributed by atoms with Crippen molar-refractivity contribution in [2.45, 2.75) is 43.0 Å². The molecule has 0 aliphatic heterocycles. The topological polar surface area (TPSA) is 34.9 Å². The molecule has 1 atom stereocenters. The Kier molecular flexibility index (Phi) is 3.92. The molecule has 1 aromatic heterocycles. The van der Waals surface area contributed by atoms with Crippen LogP contribution in [0.25, 0.3) is 5.69 Å². The van der Waals surface area contributed by atoms with E-state index < -0.39 is 0 Å². The Morgan fingerprint density at radius 2 is 2.15 bits per heavy atom. The monoisotopic (exact) mass is 286 g/mol. The Morgan fingerprint density at radius 1 is 1.30 bits per heavy atom. The summed E-state index contributed by atoms with van der Waals surface area (Å²) >= 11 is 1.61. The number of nitrogens with zero attached hydrogens (tertiary/aromatic N) is 2. The van der Waals surface area contributed by atoms with Crippen molar-refractivity contribution in [3.63, 3.8) is 0 Å². The molecule has 0 spiro atoms. The number of para-hydroxylation sites is 1. The van der Waals surface area contributed by atoms with Crippen LogP contribution in [0, 0.1) is 6.92 Å². The molecule has 1 saturated carbocycles. The van der Waals surface area contributed by atoms with E-state index in [-0.39, 0.29) is 5.25 Å². The molecule has 1 aromatic carbocycles. The summed E-state index contributed by atoms with van der Waals surface area (Å²) in [5.41, 5.74) is 2.35. The summed E-state index contributed by atoms with van der Waals surface area (Å²) in [6, 6.07) is 8.25. The maximum atomic E-state index is 12.0. The van der Waals surface area contributed by atoms with Crippen molar-refractivity contribution in [2.24, 2.45) is 0 Å². The van der Waals surface area contributed by atoms with Crippen LogP contribution in [0.4, 0.5) is 0 Å². The Morgan fingerprint density at radius 3 is 2.95 bits per heavy atom. The lowest BCUT2D eigenvalue weighted by molar-refractivity contribution is -0.119. The van der Waals surface area contributed by atoms with E-state index in [1.54, 1.807) is 11.8 Å². The first-order chi connectivity index (χ1) is 9.75. The third kappa shape index (κ3) is 2.66. The molecule has 1 heterocycles. The van der Waals surface area contributed by atoms with Gasteiger partial charge in [-0.2, -0.15) is 0 Å². The van der Waals surface area contributed by atoms with Gasteiger partial charge in [0.15, 0.2) is 5.16 Å². The van der Waals surface area contributed by atoms with Gasteiger partial charge in [-0.05, 0) is 31.4 Å². The highest BCUT2D eigenvalue weighted by Gasteiger charge is 2.25. The fraction of sp³-hybridized carbons (Fsp3) is 0.375. The molecule has 1 aliphatic carbocycles. The van der Waals surface area contributed by atoms with E-state index in [1.165, 1.54) is 5.56 Å². The summed E-state index contributed by atoms with van der Waals surface area (Å²) in [6.07, 6.45) is 7.67. The summed E-state index contributed by atoms with van der Waals surface area (Å²) in [6.45, 7) is 2.09. The molecule has 20 heavy (non-hydrogen) atoms. The third-order valence-corrected chi connectivity index (χ3v) is 5.02. The number of hydrogen-bond acceptors (Lipinski definition) is 3. The first-order valence-electron chi connectivity index (χ1n) is 7.04. The molecular weight excluding hydrogens is 268 g/mol. The largest absolute Gasteiger partial charge is 0.298 e. The average Bonchev–Trinajstić information content (AvgIpc) is 2.90. The number of imidazole rings is 1. The van der Waals surface area contributed by atoms with Crippen molar-refractivity contribution in [3.8, 4) is 5.69 Å². The van der Waals surface area contributed by atoms with E-state index in [0.29, 0.717) is 5.78 Å². The number of aromatic nitrogens is 2. The standard InChI is InChI=1S/C16H18N2OS/c1-12-6-2-3-7-13(12)18-11-10-17-16(18)20-15-9-5-4-8-14(15)19/h2-3,6-7,10-11,15H,4-5,8-9H2,1H3. The van der Waals surface area contributed by atoms with Gasteiger partial charge in [0.2, 0.25) is 0 Å². The van der Waals surface area contributed by atoms with Crippen LogP contribution in [0.5, 0.6) is 0 Å². The Balaban J connectivity index is 1.87. The normalized spacial score (nSPS) is 19.2. The zero-order chi connectivity index (χ0) is 13.9. The number of carbonyl (C=O) groups excluding carboxylic acids is 1. The second kappa shape index (κ2) is 5.83. The number of ketones is 1. The number of thioether (sulfide) groups is 1. The van der Waals surface area contributed by atoms with Crippen molar-refractivity contribution in [1.82, 2.24) is 9.55 Å². The highest BCUT2D eigenvalue weighted by atomic mass is 32.2. The fourth-order valence-corrected chi connectivity index (χ4v) is 3.78. The van der Waals surface area contributed by atoms with Gasteiger partial charge in [0.05, 0.1) is 10.9 Å². The lowest BCUT2D eigenvalue weighted by Gasteiger charge is -2.20. The van der Waals surface area contributed by atoms with Crippen LogP contribution >= 0.6 is 11.8 Å². The van der Waals surface area contributed by atoms with E-state index in [9.17, 15) is 4.79 Å². The molecule has 0 saturated heterocycles. The van der Waals surface area contributed by atoms with Crippen molar-refractivity contribution in [2.75, 3.05) is 0 Å².